The number of benzene rings is 1. The van der Waals surface area contributed by atoms with Crippen LogP contribution in [0.3, 0.4) is 0 Å². The first-order valence-corrected chi connectivity index (χ1v) is 8.08. The molecule has 0 spiro atoms. The van der Waals surface area contributed by atoms with Gasteiger partial charge in [-0.3, -0.25) is 9.51 Å². The fourth-order valence-corrected chi connectivity index (χ4v) is 2.59. The van der Waals surface area contributed by atoms with E-state index >= 15 is 0 Å². The van der Waals surface area contributed by atoms with Crippen molar-refractivity contribution in [1.29, 1.82) is 0 Å². The van der Waals surface area contributed by atoms with Crippen molar-refractivity contribution in [3.05, 3.63) is 52.3 Å². The number of aromatic nitrogens is 1. The molecule has 3 N–H and O–H groups in total. The lowest BCUT2D eigenvalue weighted by molar-refractivity contribution is 0.274. The number of nitrogens with zero attached hydrogens (tertiary/aromatic N) is 1. The van der Waals surface area contributed by atoms with Gasteiger partial charge in [0.05, 0.1) is 12.3 Å². The summed E-state index contributed by atoms with van der Waals surface area (Å²) in [5.74, 6) is 0.430. The predicted octanol–water partition coefficient (Wildman–Crippen LogP) is 3.19. The van der Waals surface area contributed by atoms with Crippen molar-refractivity contribution in [2.24, 2.45) is 5.73 Å². The minimum Gasteiger partial charge on any atom is -0.506 e. The van der Waals surface area contributed by atoms with Gasteiger partial charge in [0.25, 0.3) is 0 Å². The van der Waals surface area contributed by atoms with Gasteiger partial charge in [0, 0.05) is 28.9 Å². The van der Waals surface area contributed by atoms with Crippen molar-refractivity contribution in [3.8, 4) is 11.5 Å². The number of hydrogen-bond acceptors (Lipinski definition) is 6. The first kappa shape index (κ1) is 16.8. The smallest absolute Gasteiger partial charge is 0.368 e. The van der Waals surface area contributed by atoms with Gasteiger partial charge < -0.3 is 15.4 Å². The van der Waals surface area contributed by atoms with E-state index in [0.717, 1.165) is 0 Å². The lowest BCUT2D eigenvalue weighted by atomic mass is 10.1. The molecule has 6 nitrogen and oxygen atoms in total. The lowest BCUT2D eigenvalue weighted by Crippen LogP contribution is -2.05. The Hall–Kier alpha value is -1.59. The molecule has 0 saturated heterocycles. The summed E-state index contributed by atoms with van der Waals surface area (Å²) in [4.78, 5) is 4.03. The van der Waals surface area contributed by atoms with Crippen LogP contribution >= 0.6 is 19.9 Å². The van der Waals surface area contributed by atoms with E-state index in [-0.39, 0.29) is 18.9 Å². The molecule has 2 aromatic rings. The third-order valence-electron chi connectivity index (χ3n) is 2.99. The summed E-state index contributed by atoms with van der Waals surface area (Å²) >= 11 is 5.75. The Morgan fingerprint density at radius 3 is 2.68 bits per heavy atom. The Balaban J connectivity index is 1.99. The van der Waals surface area contributed by atoms with Crippen LogP contribution < -0.4 is 10.3 Å². The van der Waals surface area contributed by atoms with Crippen molar-refractivity contribution in [3.63, 3.8) is 0 Å². The van der Waals surface area contributed by atoms with Gasteiger partial charge in [0.2, 0.25) is 0 Å². The standard InChI is InChI=1S/C14H16ClN2O4P/c1-9-14(18)13(6-16)10(7-17-9)8-20-22(19)21-12-4-2-11(15)3-5-12/h2-5,7,18,22H,6,8,16H2,1H3. The monoisotopic (exact) mass is 342 g/mol. The molecule has 1 unspecified atom stereocenters. The van der Waals surface area contributed by atoms with E-state index in [0.29, 0.717) is 27.6 Å². The Morgan fingerprint density at radius 2 is 2.05 bits per heavy atom. The molecule has 0 bridgehead atoms. The van der Waals surface area contributed by atoms with Crippen LogP contribution in [0.2, 0.25) is 5.02 Å². The van der Waals surface area contributed by atoms with Gasteiger partial charge in [-0.25, -0.2) is 4.57 Å². The molecule has 0 aliphatic heterocycles. The highest BCUT2D eigenvalue weighted by Gasteiger charge is 2.12. The van der Waals surface area contributed by atoms with Gasteiger partial charge in [0.15, 0.2) is 0 Å². The molecule has 0 fully saturated rings. The van der Waals surface area contributed by atoms with Crippen molar-refractivity contribution in [2.45, 2.75) is 20.1 Å². The zero-order chi connectivity index (χ0) is 16.1. The average Bonchev–Trinajstić information content (AvgIpc) is 2.51. The molecule has 0 radical (unpaired) electrons. The van der Waals surface area contributed by atoms with E-state index in [4.69, 9.17) is 26.4 Å². The largest absolute Gasteiger partial charge is 0.506 e. The molecule has 0 aliphatic rings. The highest BCUT2D eigenvalue weighted by molar-refractivity contribution is 7.33. The Bertz CT molecular complexity index is 679. The van der Waals surface area contributed by atoms with E-state index in [2.05, 4.69) is 4.98 Å². The van der Waals surface area contributed by atoms with E-state index in [1.807, 2.05) is 0 Å². The van der Waals surface area contributed by atoms with Crippen molar-refractivity contribution in [2.75, 3.05) is 0 Å². The molecular formula is C14H16ClN2O4P. The number of halogens is 1. The summed E-state index contributed by atoms with van der Waals surface area (Å²) in [5.41, 5.74) is 7.18. The molecule has 2 rings (SSSR count). The van der Waals surface area contributed by atoms with Crippen molar-refractivity contribution >= 4 is 19.9 Å². The van der Waals surface area contributed by atoms with Gasteiger partial charge in [-0.05, 0) is 31.2 Å². The molecule has 1 heterocycles. The van der Waals surface area contributed by atoms with Crippen LogP contribution in [0.5, 0.6) is 11.5 Å². The number of rotatable bonds is 6. The Morgan fingerprint density at radius 1 is 1.36 bits per heavy atom. The number of nitrogens with two attached hydrogens (primary N) is 1. The molecule has 22 heavy (non-hydrogen) atoms. The molecule has 8 heteroatoms. The molecular weight excluding hydrogens is 327 g/mol. The van der Waals surface area contributed by atoms with Crippen LogP contribution in [0.15, 0.2) is 30.5 Å². The first-order chi connectivity index (χ1) is 10.5. The van der Waals surface area contributed by atoms with Gasteiger partial charge in [-0.2, -0.15) is 0 Å². The van der Waals surface area contributed by atoms with Crippen LogP contribution in [-0.2, 0) is 22.2 Å². The van der Waals surface area contributed by atoms with E-state index < -0.39 is 8.25 Å². The Kier molecular flexibility index (Phi) is 5.80. The van der Waals surface area contributed by atoms with E-state index in [1.165, 1.54) is 6.20 Å². The maximum atomic E-state index is 11.8. The minimum atomic E-state index is -2.74. The highest BCUT2D eigenvalue weighted by atomic mass is 35.5. The van der Waals surface area contributed by atoms with Gasteiger partial charge in [-0.15, -0.1) is 0 Å². The van der Waals surface area contributed by atoms with Gasteiger partial charge in [-0.1, -0.05) is 11.6 Å². The topological polar surface area (TPSA) is 94.7 Å². The second kappa shape index (κ2) is 7.61. The average molecular weight is 343 g/mol. The maximum Gasteiger partial charge on any atom is 0.368 e. The second-order valence-corrected chi connectivity index (χ2v) is 5.92. The quantitative estimate of drug-likeness (QED) is 0.783. The summed E-state index contributed by atoms with van der Waals surface area (Å²) in [6.45, 7) is 1.79. The number of aryl methyl sites for hydroxylation is 1. The fraction of sp³-hybridized carbons (Fsp3) is 0.214. The third-order valence-corrected chi connectivity index (χ3v) is 4.03. The number of pyridine rings is 1. The summed E-state index contributed by atoms with van der Waals surface area (Å²) in [5, 5.41) is 10.5. The number of aromatic hydroxyl groups is 1. The van der Waals surface area contributed by atoms with E-state index in [1.54, 1.807) is 31.2 Å². The van der Waals surface area contributed by atoms with Gasteiger partial charge in [0.1, 0.15) is 11.5 Å². The lowest BCUT2D eigenvalue weighted by Gasteiger charge is -2.12. The van der Waals surface area contributed by atoms with E-state index in [9.17, 15) is 9.67 Å². The van der Waals surface area contributed by atoms with Crippen molar-refractivity contribution < 1.29 is 18.7 Å². The molecule has 118 valence electrons. The van der Waals surface area contributed by atoms with Gasteiger partial charge >= 0.3 is 8.25 Å². The summed E-state index contributed by atoms with van der Waals surface area (Å²) in [6, 6.07) is 6.44. The molecule has 0 amide bonds. The van der Waals surface area contributed by atoms with Crippen molar-refractivity contribution in [1.82, 2.24) is 4.98 Å². The molecule has 0 aliphatic carbocycles. The van der Waals surface area contributed by atoms with Crippen LogP contribution in [0.25, 0.3) is 0 Å². The summed E-state index contributed by atoms with van der Waals surface area (Å²) in [7, 11) is -2.74. The molecule has 1 aromatic heterocycles. The van der Waals surface area contributed by atoms with Crippen LogP contribution in [0, 0.1) is 6.92 Å². The first-order valence-electron chi connectivity index (χ1n) is 6.47. The zero-order valence-electron chi connectivity index (χ0n) is 11.9. The van der Waals surface area contributed by atoms with Crippen LogP contribution in [0.1, 0.15) is 16.8 Å². The second-order valence-electron chi connectivity index (χ2n) is 4.49. The van der Waals surface area contributed by atoms with Crippen LogP contribution in [0.4, 0.5) is 0 Å². The fourth-order valence-electron chi connectivity index (χ4n) is 1.80. The predicted molar refractivity (Wildman–Crippen MR) is 84.4 cm³/mol. The van der Waals surface area contributed by atoms with Crippen LogP contribution in [-0.4, -0.2) is 10.1 Å². The highest BCUT2D eigenvalue weighted by Crippen LogP contribution is 2.31. The zero-order valence-corrected chi connectivity index (χ0v) is 13.6. The maximum absolute atomic E-state index is 11.8. The Labute approximate surface area is 133 Å². The summed E-state index contributed by atoms with van der Waals surface area (Å²) in [6.07, 6.45) is 1.54. The molecule has 1 atom stereocenters. The SMILES string of the molecule is Cc1ncc(CO[PH](=O)Oc2ccc(Cl)cc2)c(CN)c1O. The molecule has 1 aromatic carbocycles. The molecule has 0 saturated carbocycles. The third kappa shape index (κ3) is 4.21. The minimum absolute atomic E-state index is 0.0151. The number of hydrogen-bond donors (Lipinski definition) is 2. The summed E-state index contributed by atoms with van der Waals surface area (Å²) < 4.78 is 22.2. The normalized spacial score (nSPS) is 12.1.